The average Bonchev–Trinajstić information content (AvgIpc) is 3.09. The predicted molar refractivity (Wildman–Crippen MR) is 106 cm³/mol. The maximum absolute atomic E-state index is 11.9. The van der Waals surface area contributed by atoms with E-state index >= 15 is 0 Å². The lowest BCUT2D eigenvalue weighted by Crippen LogP contribution is -2.28. The maximum Gasteiger partial charge on any atom is 0.258 e. The molecule has 1 N–H and O–H groups in total. The summed E-state index contributed by atoms with van der Waals surface area (Å²) in [5.41, 5.74) is 0.964. The van der Waals surface area contributed by atoms with Gasteiger partial charge in [-0.2, -0.15) is 0 Å². The molecule has 0 saturated heterocycles. The molecule has 0 fully saturated rings. The Morgan fingerprint density at radius 2 is 1.85 bits per heavy atom. The van der Waals surface area contributed by atoms with E-state index in [0.717, 1.165) is 15.8 Å². The summed E-state index contributed by atoms with van der Waals surface area (Å²) in [6.07, 6.45) is 0. The van der Waals surface area contributed by atoms with Gasteiger partial charge in [0.1, 0.15) is 17.3 Å². The largest absolute Gasteiger partial charge is 0.482 e. The van der Waals surface area contributed by atoms with Gasteiger partial charge >= 0.3 is 0 Å². The standard InChI is InChI=1S/C19H14BrCl2NO3/c20-13-3-1-12(2-4-13)17-8-6-15(26-17)10-23-19(24)11-25-18-7-5-14(21)9-16(18)22/h1-9H,10-11H2,(H,23,24). The van der Waals surface area contributed by atoms with Crippen LogP contribution in [0.3, 0.4) is 0 Å². The number of rotatable bonds is 6. The highest BCUT2D eigenvalue weighted by molar-refractivity contribution is 9.10. The first-order valence-electron chi connectivity index (χ1n) is 7.70. The molecule has 134 valence electrons. The minimum Gasteiger partial charge on any atom is -0.482 e. The third kappa shape index (κ3) is 5.04. The Bertz CT molecular complexity index is 909. The first-order valence-corrected chi connectivity index (χ1v) is 9.25. The number of halogens is 3. The fraction of sp³-hybridized carbons (Fsp3) is 0.105. The van der Waals surface area contributed by atoms with Crippen LogP contribution in [-0.4, -0.2) is 12.5 Å². The molecule has 3 rings (SSSR count). The quantitative estimate of drug-likeness (QED) is 0.518. The molecule has 1 heterocycles. The Morgan fingerprint density at radius 3 is 2.58 bits per heavy atom. The topological polar surface area (TPSA) is 51.5 Å². The molecule has 0 saturated carbocycles. The van der Waals surface area contributed by atoms with Gasteiger partial charge in [-0.05, 0) is 42.5 Å². The second-order valence-corrected chi connectivity index (χ2v) is 7.17. The van der Waals surface area contributed by atoms with Crippen LogP contribution in [0.1, 0.15) is 5.76 Å². The average molecular weight is 455 g/mol. The summed E-state index contributed by atoms with van der Waals surface area (Å²) in [6.45, 7) is 0.120. The molecule has 0 radical (unpaired) electrons. The maximum atomic E-state index is 11.9. The van der Waals surface area contributed by atoms with Crippen molar-refractivity contribution in [2.75, 3.05) is 6.61 Å². The van der Waals surface area contributed by atoms with Crippen molar-refractivity contribution in [3.8, 4) is 17.1 Å². The van der Waals surface area contributed by atoms with Crippen LogP contribution in [0.25, 0.3) is 11.3 Å². The van der Waals surface area contributed by atoms with Crippen LogP contribution in [0.15, 0.2) is 63.5 Å². The van der Waals surface area contributed by atoms with E-state index < -0.39 is 0 Å². The number of carbonyl (C=O) groups is 1. The normalized spacial score (nSPS) is 10.6. The smallest absolute Gasteiger partial charge is 0.258 e. The summed E-state index contributed by atoms with van der Waals surface area (Å²) < 4.78 is 12.1. The van der Waals surface area contributed by atoms with E-state index in [0.29, 0.717) is 21.6 Å². The van der Waals surface area contributed by atoms with E-state index in [9.17, 15) is 4.79 Å². The molecule has 0 unspecified atom stereocenters. The van der Waals surface area contributed by atoms with Gasteiger partial charge < -0.3 is 14.5 Å². The van der Waals surface area contributed by atoms with E-state index in [2.05, 4.69) is 21.2 Å². The second kappa shape index (κ2) is 8.62. The van der Waals surface area contributed by atoms with Crippen molar-refractivity contribution >= 4 is 45.0 Å². The molecular weight excluding hydrogens is 441 g/mol. The van der Waals surface area contributed by atoms with Gasteiger partial charge in [-0.3, -0.25) is 4.79 Å². The SMILES string of the molecule is O=C(COc1ccc(Cl)cc1Cl)NCc1ccc(-c2ccc(Br)cc2)o1. The summed E-state index contributed by atoms with van der Waals surface area (Å²) in [5, 5.41) is 3.60. The summed E-state index contributed by atoms with van der Waals surface area (Å²) >= 11 is 15.2. The Kier molecular flexibility index (Phi) is 6.25. The van der Waals surface area contributed by atoms with Crippen molar-refractivity contribution in [3.05, 3.63) is 74.9 Å². The van der Waals surface area contributed by atoms with Gasteiger partial charge in [-0.15, -0.1) is 0 Å². The predicted octanol–water partition coefficient (Wildman–Crippen LogP) is 5.71. The first kappa shape index (κ1) is 18.8. The molecule has 0 aliphatic rings. The van der Waals surface area contributed by atoms with Crippen molar-refractivity contribution in [1.29, 1.82) is 0 Å². The third-order valence-electron chi connectivity index (χ3n) is 3.50. The van der Waals surface area contributed by atoms with Crippen molar-refractivity contribution in [3.63, 3.8) is 0 Å². The van der Waals surface area contributed by atoms with Crippen molar-refractivity contribution in [2.45, 2.75) is 6.54 Å². The van der Waals surface area contributed by atoms with Crippen LogP contribution in [0.5, 0.6) is 5.75 Å². The molecule has 4 nitrogen and oxygen atoms in total. The lowest BCUT2D eigenvalue weighted by atomic mass is 10.2. The highest BCUT2D eigenvalue weighted by Gasteiger charge is 2.09. The Balaban J connectivity index is 1.51. The van der Waals surface area contributed by atoms with Gasteiger partial charge in [0.05, 0.1) is 11.6 Å². The molecule has 2 aromatic carbocycles. The van der Waals surface area contributed by atoms with E-state index in [1.54, 1.807) is 18.2 Å². The fourth-order valence-electron chi connectivity index (χ4n) is 2.21. The number of amides is 1. The molecule has 7 heteroatoms. The van der Waals surface area contributed by atoms with Crippen molar-refractivity contribution < 1.29 is 13.9 Å². The molecule has 1 amide bonds. The van der Waals surface area contributed by atoms with Crippen molar-refractivity contribution in [2.24, 2.45) is 0 Å². The number of furan rings is 1. The zero-order valence-corrected chi connectivity index (χ0v) is 16.6. The fourth-order valence-corrected chi connectivity index (χ4v) is 2.94. The Hall–Kier alpha value is -1.95. The number of hydrogen-bond acceptors (Lipinski definition) is 3. The Labute approximate surface area is 169 Å². The highest BCUT2D eigenvalue weighted by Crippen LogP contribution is 2.27. The molecule has 0 atom stereocenters. The van der Waals surface area contributed by atoms with Crippen LogP contribution in [0, 0.1) is 0 Å². The molecule has 0 bridgehead atoms. The summed E-state index contributed by atoms with van der Waals surface area (Å²) in [4.78, 5) is 11.9. The van der Waals surface area contributed by atoms with Crippen LogP contribution in [0.2, 0.25) is 10.0 Å². The molecule has 0 aliphatic carbocycles. The number of carbonyl (C=O) groups excluding carboxylic acids is 1. The molecule has 26 heavy (non-hydrogen) atoms. The number of hydrogen-bond donors (Lipinski definition) is 1. The van der Waals surface area contributed by atoms with E-state index in [-0.39, 0.29) is 19.1 Å². The molecule has 0 aliphatic heterocycles. The van der Waals surface area contributed by atoms with E-state index in [1.165, 1.54) is 0 Å². The summed E-state index contributed by atoms with van der Waals surface area (Å²) in [5.74, 6) is 1.52. The van der Waals surface area contributed by atoms with Crippen molar-refractivity contribution in [1.82, 2.24) is 5.32 Å². The third-order valence-corrected chi connectivity index (χ3v) is 4.56. The molecule has 0 spiro atoms. The zero-order valence-electron chi connectivity index (χ0n) is 13.5. The lowest BCUT2D eigenvalue weighted by molar-refractivity contribution is -0.123. The van der Waals surface area contributed by atoms with Crippen LogP contribution in [-0.2, 0) is 11.3 Å². The van der Waals surface area contributed by atoms with Gasteiger partial charge in [-0.25, -0.2) is 0 Å². The van der Waals surface area contributed by atoms with Gasteiger partial charge in [-0.1, -0.05) is 51.3 Å². The van der Waals surface area contributed by atoms with Gasteiger partial charge in [0, 0.05) is 15.1 Å². The van der Waals surface area contributed by atoms with E-state index in [1.807, 2.05) is 36.4 Å². The molecule has 3 aromatic rings. The number of ether oxygens (including phenoxy) is 1. The van der Waals surface area contributed by atoms with Gasteiger partial charge in [0.15, 0.2) is 6.61 Å². The minimum atomic E-state index is -0.280. The summed E-state index contributed by atoms with van der Waals surface area (Å²) in [7, 11) is 0. The second-order valence-electron chi connectivity index (χ2n) is 5.41. The van der Waals surface area contributed by atoms with Gasteiger partial charge in [0.25, 0.3) is 5.91 Å². The van der Waals surface area contributed by atoms with Gasteiger partial charge in [0.2, 0.25) is 0 Å². The number of nitrogens with one attached hydrogen (secondary N) is 1. The zero-order chi connectivity index (χ0) is 18.5. The van der Waals surface area contributed by atoms with E-state index in [4.69, 9.17) is 32.4 Å². The number of benzene rings is 2. The first-order chi connectivity index (χ1) is 12.5. The highest BCUT2D eigenvalue weighted by atomic mass is 79.9. The van der Waals surface area contributed by atoms with Crippen LogP contribution >= 0.6 is 39.1 Å². The summed E-state index contributed by atoms with van der Waals surface area (Å²) in [6, 6.07) is 16.3. The monoisotopic (exact) mass is 453 g/mol. The lowest BCUT2D eigenvalue weighted by Gasteiger charge is -2.08. The molecular formula is C19H14BrCl2NO3. The molecule has 1 aromatic heterocycles. The minimum absolute atomic E-state index is 0.151. The Morgan fingerprint density at radius 1 is 1.08 bits per heavy atom. The van der Waals surface area contributed by atoms with Crippen LogP contribution < -0.4 is 10.1 Å². The van der Waals surface area contributed by atoms with Crippen LogP contribution in [0.4, 0.5) is 0 Å².